The van der Waals surface area contributed by atoms with Gasteiger partial charge in [0.1, 0.15) is 5.75 Å². The quantitative estimate of drug-likeness (QED) is 0.387. The van der Waals surface area contributed by atoms with Crippen LogP contribution in [0.2, 0.25) is 0 Å². The molecule has 0 saturated heterocycles. The lowest BCUT2D eigenvalue weighted by Crippen LogP contribution is -2.24. The van der Waals surface area contributed by atoms with Crippen LogP contribution in [0.4, 0.5) is 0 Å². The Balaban J connectivity index is 2.80. The molecule has 0 fully saturated rings. The number of carboxylic acid groups (broad SMARTS) is 1. The first-order chi connectivity index (χ1) is 14.9. The molecular formula is C29H42O3. The number of phenols is 1. The van der Waals surface area contributed by atoms with Crippen LogP contribution in [0, 0.1) is 0 Å². The number of carboxylic acids is 1. The second-order valence-electron chi connectivity index (χ2n) is 11.0. The number of carbonyl (C=O) groups is 1. The van der Waals surface area contributed by atoms with Crippen molar-refractivity contribution in [2.45, 2.75) is 104 Å². The van der Waals surface area contributed by atoms with Crippen LogP contribution >= 0.6 is 0 Å². The summed E-state index contributed by atoms with van der Waals surface area (Å²) in [5.74, 6) is -0.657. The zero-order valence-electron chi connectivity index (χ0n) is 21.1. The summed E-state index contributed by atoms with van der Waals surface area (Å²) in [6, 6.07) is 9.68. The van der Waals surface area contributed by atoms with E-state index in [-0.39, 0.29) is 11.2 Å². The van der Waals surface area contributed by atoms with Gasteiger partial charge in [-0.05, 0) is 34.8 Å². The van der Waals surface area contributed by atoms with Crippen molar-refractivity contribution < 1.29 is 15.0 Å². The largest absolute Gasteiger partial charge is 0.507 e. The lowest BCUT2D eigenvalue weighted by Gasteiger charge is -2.33. The fraction of sp³-hybridized carbons (Fsp3) is 0.552. The SMILES string of the molecule is CCCCCCCCc1c(C(=O)O)c(-c2ccccc2)c(C(C)(C)C)c(O)c1C(C)(C)C. The Morgan fingerprint density at radius 3 is 1.84 bits per heavy atom. The molecule has 0 heterocycles. The van der Waals surface area contributed by atoms with E-state index in [1.807, 2.05) is 51.1 Å². The van der Waals surface area contributed by atoms with E-state index in [0.29, 0.717) is 17.5 Å². The van der Waals surface area contributed by atoms with Gasteiger partial charge in [-0.25, -0.2) is 4.79 Å². The summed E-state index contributed by atoms with van der Waals surface area (Å²) in [4.78, 5) is 12.8. The summed E-state index contributed by atoms with van der Waals surface area (Å²) in [6.45, 7) is 14.5. The number of aromatic carboxylic acids is 1. The molecule has 0 atom stereocenters. The van der Waals surface area contributed by atoms with Crippen LogP contribution in [-0.2, 0) is 17.3 Å². The highest BCUT2D eigenvalue weighted by Crippen LogP contribution is 2.49. The Morgan fingerprint density at radius 1 is 0.812 bits per heavy atom. The summed E-state index contributed by atoms with van der Waals surface area (Å²) in [7, 11) is 0. The zero-order valence-corrected chi connectivity index (χ0v) is 21.1. The Labute approximate surface area is 194 Å². The molecule has 2 rings (SSSR count). The van der Waals surface area contributed by atoms with Crippen molar-refractivity contribution in [2.75, 3.05) is 0 Å². The molecule has 2 aromatic rings. The summed E-state index contributed by atoms with van der Waals surface area (Å²) in [5, 5.41) is 22.1. The minimum Gasteiger partial charge on any atom is -0.507 e. The molecule has 0 amide bonds. The number of hydrogen-bond acceptors (Lipinski definition) is 2. The molecule has 32 heavy (non-hydrogen) atoms. The normalized spacial score (nSPS) is 12.2. The Hall–Kier alpha value is -2.29. The molecule has 2 N–H and O–H groups in total. The highest BCUT2D eigenvalue weighted by molar-refractivity contribution is 6.00. The predicted octanol–water partition coefficient (Wildman–Crippen LogP) is 8.26. The van der Waals surface area contributed by atoms with Crippen molar-refractivity contribution in [3.05, 3.63) is 52.6 Å². The van der Waals surface area contributed by atoms with Gasteiger partial charge >= 0.3 is 5.97 Å². The molecule has 0 unspecified atom stereocenters. The first kappa shape index (κ1) is 26.0. The maximum Gasteiger partial charge on any atom is 0.336 e. The van der Waals surface area contributed by atoms with Gasteiger partial charge in [0.2, 0.25) is 0 Å². The third kappa shape index (κ3) is 5.94. The van der Waals surface area contributed by atoms with E-state index < -0.39 is 11.4 Å². The maximum absolute atomic E-state index is 12.8. The van der Waals surface area contributed by atoms with E-state index in [1.165, 1.54) is 25.7 Å². The van der Waals surface area contributed by atoms with Crippen molar-refractivity contribution in [1.82, 2.24) is 0 Å². The standard InChI is InChI=1S/C29H42O3/c1-8-9-10-11-12-16-19-21-23(27(31)32)22(20-17-14-13-15-18-20)25(29(5,6)7)26(30)24(21)28(2,3)4/h13-15,17-18,30H,8-12,16,19H2,1-7H3,(H,31,32). The molecule has 0 spiro atoms. The first-order valence-electron chi connectivity index (χ1n) is 12.1. The molecule has 0 radical (unpaired) electrons. The fourth-order valence-electron chi connectivity index (χ4n) is 4.79. The van der Waals surface area contributed by atoms with Crippen LogP contribution in [0.25, 0.3) is 11.1 Å². The van der Waals surface area contributed by atoms with Crippen molar-refractivity contribution in [3.63, 3.8) is 0 Å². The average molecular weight is 439 g/mol. The van der Waals surface area contributed by atoms with Gasteiger partial charge in [0.15, 0.2) is 0 Å². The number of hydrogen-bond donors (Lipinski definition) is 2. The predicted molar refractivity (Wildman–Crippen MR) is 135 cm³/mol. The lowest BCUT2D eigenvalue weighted by atomic mass is 9.71. The van der Waals surface area contributed by atoms with Gasteiger partial charge in [0, 0.05) is 16.7 Å². The van der Waals surface area contributed by atoms with Gasteiger partial charge in [-0.2, -0.15) is 0 Å². The third-order valence-electron chi connectivity index (χ3n) is 6.13. The Kier molecular flexibility index (Phi) is 8.56. The van der Waals surface area contributed by atoms with Gasteiger partial charge in [-0.15, -0.1) is 0 Å². The smallest absolute Gasteiger partial charge is 0.336 e. The molecule has 0 aliphatic carbocycles. The number of benzene rings is 2. The molecule has 3 heteroatoms. The van der Waals surface area contributed by atoms with Crippen molar-refractivity contribution >= 4 is 5.97 Å². The van der Waals surface area contributed by atoms with E-state index >= 15 is 0 Å². The maximum atomic E-state index is 12.8. The van der Waals surface area contributed by atoms with Crippen LogP contribution in [0.3, 0.4) is 0 Å². The minimum absolute atomic E-state index is 0.259. The molecule has 0 aliphatic rings. The van der Waals surface area contributed by atoms with E-state index in [9.17, 15) is 15.0 Å². The van der Waals surface area contributed by atoms with Crippen LogP contribution in [0.1, 0.15) is 114 Å². The molecule has 0 aliphatic heterocycles. The Morgan fingerprint density at radius 2 is 1.34 bits per heavy atom. The monoisotopic (exact) mass is 438 g/mol. The molecule has 0 aromatic heterocycles. The number of aromatic hydroxyl groups is 1. The lowest BCUT2D eigenvalue weighted by molar-refractivity contribution is 0.0696. The summed E-state index contributed by atoms with van der Waals surface area (Å²) in [5.41, 5.74) is 3.37. The molecular weight excluding hydrogens is 396 g/mol. The molecule has 176 valence electrons. The van der Waals surface area contributed by atoms with E-state index in [2.05, 4.69) is 27.7 Å². The zero-order chi connectivity index (χ0) is 24.1. The third-order valence-corrected chi connectivity index (χ3v) is 6.13. The van der Waals surface area contributed by atoms with Gasteiger partial charge in [0.05, 0.1) is 5.56 Å². The number of phenolic OH excluding ortho intramolecular Hbond substituents is 1. The highest BCUT2D eigenvalue weighted by Gasteiger charge is 2.36. The molecule has 0 bridgehead atoms. The van der Waals surface area contributed by atoms with Crippen molar-refractivity contribution in [1.29, 1.82) is 0 Å². The van der Waals surface area contributed by atoms with Gasteiger partial charge < -0.3 is 10.2 Å². The molecule has 0 saturated carbocycles. The van der Waals surface area contributed by atoms with Crippen LogP contribution in [0.5, 0.6) is 5.75 Å². The fourth-order valence-corrected chi connectivity index (χ4v) is 4.79. The summed E-state index contributed by atoms with van der Waals surface area (Å²) < 4.78 is 0. The topological polar surface area (TPSA) is 57.5 Å². The van der Waals surface area contributed by atoms with E-state index in [4.69, 9.17) is 0 Å². The summed E-state index contributed by atoms with van der Waals surface area (Å²) in [6.07, 6.45) is 7.50. The van der Waals surface area contributed by atoms with Gasteiger partial charge in [-0.1, -0.05) is 111 Å². The first-order valence-corrected chi connectivity index (χ1v) is 12.1. The average Bonchev–Trinajstić information content (AvgIpc) is 2.68. The second-order valence-corrected chi connectivity index (χ2v) is 11.0. The van der Waals surface area contributed by atoms with E-state index in [0.717, 1.165) is 35.1 Å². The van der Waals surface area contributed by atoms with Crippen molar-refractivity contribution in [2.24, 2.45) is 0 Å². The van der Waals surface area contributed by atoms with Gasteiger partial charge in [-0.3, -0.25) is 0 Å². The molecule has 3 nitrogen and oxygen atoms in total. The van der Waals surface area contributed by atoms with Crippen LogP contribution in [0.15, 0.2) is 30.3 Å². The van der Waals surface area contributed by atoms with Crippen LogP contribution in [-0.4, -0.2) is 16.2 Å². The number of unbranched alkanes of at least 4 members (excludes halogenated alkanes) is 5. The van der Waals surface area contributed by atoms with Crippen LogP contribution < -0.4 is 0 Å². The second kappa shape index (κ2) is 10.6. The Bertz CT molecular complexity index is 912. The summed E-state index contributed by atoms with van der Waals surface area (Å²) >= 11 is 0. The minimum atomic E-state index is -0.916. The van der Waals surface area contributed by atoms with Crippen molar-refractivity contribution in [3.8, 4) is 16.9 Å². The highest BCUT2D eigenvalue weighted by atomic mass is 16.4. The number of rotatable bonds is 9. The molecule has 2 aromatic carbocycles. The van der Waals surface area contributed by atoms with E-state index in [1.54, 1.807) is 0 Å². The van der Waals surface area contributed by atoms with Gasteiger partial charge in [0.25, 0.3) is 0 Å².